The molecule has 27 heavy (non-hydrogen) atoms. The summed E-state index contributed by atoms with van der Waals surface area (Å²) in [5.41, 5.74) is 0.347. The molecule has 0 N–H and O–H groups in total. The second kappa shape index (κ2) is 9.13. The van der Waals surface area contributed by atoms with Crippen molar-refractivity contribution in [2.45, 2.75) is 51.2 Å². The van der Waals surface area contributed by atoms with Gasteiger partial charge in [0.25, 0.3) is 5.91 Å². The molecule has 2 fully saturated rings. The number of benzene rings is 1. The minimum Gasteiger partial charge on any atom is -0.460 e. The van der Waals surface area contributed by atoms with Crippen LogP contribution in [0.15, 0.2) is 30.3 Å². The first-order valence-electron chi connectivity index (χ1n) is 9.89. The molecule has 2 saturated heterocycles. The number of rotatable bonds is 6. The molecule has 0 bridgehead atoms. The fourth-order valence-corrected chi connectivity index (χ4v) is 3.92. The van der Waals surface area contributed by atoms with Crippen LogP contribution in [-0.2, 0) is 14.3 Å². The maximum Gasteiger partial charge on any atom is 0.329 e. The van der Waals surface area contributed by atoms with Gasteiger partial charge in [0.15, 0.2) is 0 Å². The average molecular weight is 372 g/mol. The first kappa shape index (κ1) is 19.5. The van der Waals surface area contributed by atoms with Gasteiger partial charge in [-0.15, -0.1) is 0 Å². The standard InChI is InChI=1S/C21H28N2O4/c1-16(15-22-12-6-3-7-13-22)27-21(26)18-11-8-14-23(18)20(25)19(24)17-9-4-2-5-10-17/h2,4-5,9-10,16,18H,3,6-8,11-15H2,1H3/t16?,18-/m0/s1. The van der Waals surface area contributed by atoms with Crippen molar-refractivity contribution in [3.05, 3.63) is 35.9 Å². The van der Waals surface area contributed by atoms with E-state index in [0.29, 0.717) is 24.9 Å². The summed E-state index contributed by atoms with van der Waals surface area (Å²) in [6.07, 6.45) is 4.66. The van der Waals surface area contributed by atoms with Crippen molar-refractivity contribution >= 4 is 17.7 Å². The average Bonchev–Trinajstić information content (AvgIpc) is 3.18. The molecule has 2 atom stereocenters. The maximum absolute atomic E-state index is 12.6. The van der Waals surface area contributed by atoms with Crippen LogP contribution in [0, 0.1) is 0 Å². The molecule has 2 aliphatic heterocycles. The van der Waals surface area contributed by atoms with Crippen LogP contribution in [-0.4, -0.2) is 65.8 Å². The topological polar surface area (TPSA) is 66.9 Å². The van der Waals surface area contributed by atoms with Gasteiger partial charge in [-0.3, -0.25) is 14.5 Å². The van der Waals surface area contributed by atoms with Gasteiger partial charge in [0.2, 0.25) is 5.78 Å². The van der Waals surface area contributed by atoms with Gasteiger partial charge in [0.1, 0.15) is 12.1 Å². The summed E-state index contributed by atoms with van der Waals surface area (Å²) in [7, 11) is 0. The number of carbonyl (C=O) groups is 3. The summed E-state index contributed by atoms with van der Waals surface area (Å²) in [5.74, 6) is -1.59. The van der Waals surface area contributed by atoms with Crippen LogP contribution in [0.5, 0.6) is 0 Å². The minimum absolute atomic E-state index is 0.224. The Balaban J connectivity index is 1.57. The van der Waals surface area contributed by atoms with Gasteiger partial charge in [-0.05, 0) is 45.7 Å². The van der Waals surface area contributed by atoms with Crippen molar-refractivity contribution < 1.29 is 19.1 Å². The normalized spacial score (nSPS) is 21.7. The van der Waals surface area contributed by atoms with Crippen LogP contribution in [0.3, 0.4) is 0 Å². The summed E-state index contributed by atoms with van der Waals surface area (Å²) >= 11 is 0. The van der Waals surface area contributed by atoms with Crippen LogP contribution in [0.2, 0.25) is 0 Å². The number of amides is 1. The highest BCUT2D eigenvalue weighted by Crippen LogP contribution is 2.21. The third-order valence-corrected chi connectivity index (χ3v) is 5.30. The monoisotopic (exact) mass is 372 g/mol. The van der Waals surface area contributed by atoms with Crippen molar-refractivity contribution in [1.82, 2.24) is 9.80 Å². The lowest BCUT2D eigenvalue weighted by Crippen LogP contribution is -2.46. The summed E-state index contributed by atoms with van der Waals surface area (Å²) in [5, 5.41) is 0. The molecule has 2 heterocycles. The molecule has 0 spiro atoms. The van der Waals surface area contributed by atoms with Gasteiger partial charge >= 0.3 is 5.97 Å². The largest absolute Gasteiger partial charge is 0.460 e. The van der Waals surface area contributed by atoms with Crippen LogP contribution < -0.4 is 0 Å². The molecule has 0 aliphatic carbocycles. The van der Waals surface area contributed by atoms with E-state index in [-0.39, 0.29) is 6.10 Å². The van der Waals surface area contributed by atoms with E-state index in [1.807, 2.05) is 6.92 Å². The number of carbonyl (C=O) groups excluding carboxylic acids is 3. The third-order valence-electron chi connectivity index (χ3n) is 5.30. The molecular formula is C21H28N2O4. The van der Waals surface area contributed by atoms with E-state index >= 15 is 0 Å². The van der Waals surface area contributed by atoms with E-state index in [0.717, 1.165) is 19.6 Å². The second-order valence-electron chi connectivity index (χ2n) is 7.46. The Bertz CT molecular complexity index is 670. The molecule has 1 unspecified atom stereocenters. The summed E-state index contributed by atoms with van der Waals surface area (Å²) in [6.45, 7) is 5.11. The number of esters is 1. The van der Waals surface area contributed by atoms with Crippen LogP contribution >= 0.6 is 0 Å². The number of ketones is 1. The van der Waals surface area contributed by atoms with Crippen molar-refractivity contribution in [2.24, 2.45) is 0 Å². The second-order valence-corrected chi connectivity index (χ2v) is 7.46. The Hall–Kier alpha value is -2.21. The molecule has 0 aromatic heterocycles. The Morgan fingerprint density at radius 1 is 1.04 bits per heavy atom. The molecule has 0 saturated carbocycles. The van der Waals surface area contributed by atoms with E-state index in [4.69, 9.17) is 4.74 Å². The predicted molar refractivity (Wildman–Crippen MR) is 101 cm³/mol. The van der Waals surface area contributed by atoms with E-state index in [1.54, 1.807) is 30.3 Å². The number of hydrogen-bond donors (Lipinski definition) is 0. The number of ether oxygens (including phenoxy) is 1. The van der Waals surface area contributed by atoms with Crippen LogP contribution in [0.25, 0.3) is 0 Å². The first-order valence-corrected chi connectivity index (χ1v) is 9.89. The highest BCUT2D eigenvalue weighted by Gasteiger charge is 2.38. The predicted octanol–water partition coefficient (Wildman–Crippen LogP) is 2.28. The molecule has 6 nitrogen and oxygen atoms in total. The van der Waals surface area contributed by atoms with Crippen LogP contribution in [0.4, 0.5) is 0 Å². The number of piperidine rings is 1. The molecule has 1 aromatic carbocycles. The maximum atomic E-state index is 12.6. The Morgan fingerprint density at radius 3 is 2.44 bits per heavy atom. The smallest absolute Gasteiger partial charge is 0.329 e. The molecule has 2 aliphatic rings. The molecule has 1 amide bonds. The van der Waals surface area contributed by atoms with Gasteiger partial charge in [-0.2, -0.15) is 0 Å². The van der Waals surface area contributed by atoms with Gasteiger partial charge in [-0.25, -0.2) is 4.79 Å². The SMILES string of the molecule is CC(CN1CCCCC1)OC(=O)[C@@H]1CCCN1C(=O)C(=O)c1ccccc1. The zero-order chi connectivity index (χ0) is 19.2. The molecule has 1 aromatic rings. The van der Waals surface area contributed by atoms with Crippen molar-refractivity contribution in [3.63, 3.8) is 0 Å². The Kier molecular flexibility index (Phi) is 6.61. The quantitative estimate of drug-likeness (QED) is 0.435. The van der Waals surface area contributed by atoms with Gasteiger partial charge in [0.05, 0.1) is 0 Å². The minimum atomic E-state index is -0.658. The van der Waals surface area contributed by atoms with E-state index < -0.39 is 23.7 Å². The lowest BCUT2D eigenvalue weighted by molar-refractivity contribution is -0.157. The number of Topliss-reactive ketones (excluding diaryl/α,β-unsaturated/α-hetero) is 1. The molecule has 3 rings (SSSR count). The van der Waals surface area contributed by atoms with Gasteiger partial charge in [0, 0.05) is 18.7 Å². The first-order chi connectivity index (χ1) is 13.1. The number of nitrogens with zero attached hydrogens (tertiary/aromatic N) is 2. The lowest BCUT2D eigenvalue weighted by Gasteiger charge is -2.30. The third kappa shape index (κ3) is 4.95. The van der Waals surface area contributed by atoms with Gasteiger partial charge in [-0.1, -0.05) is 36.8 Å². The lowest BCUT2D eigenvalue weighted by atomic mass is 10.1. The highest BCUT2D eigenvalue weighted by atomic mass is 16.5. The Labute approximate surface area is 160 Å². The van der Waals surface area contributed by atoms with E-state index in [9.17, 15) is 14.4 Å². The number of hydrogen-bond acceptors (Lipinski definition) is 5. The van der Waals surface area contributed by atoms with Crippen molar-refractivity contribution in [2.75, 3.05) is 26.2 Å². The van der Waals surface area contributed by atoms with Crippen molar-refractivity contribution in [3.8, 4) is 0 Å². The highest BCUT2D eigenvalue weighted by molar-refractivity contribution is 6.43. The molecular weight excluding hydrogens is 344 g/mol. The number of likely N-dealkylation sites (tertiary alicyclic amines) is 2. The Morgan fingerprint density at radius 2 is 1.74 bits per heavy atom. The summed E-state index contributed by atoms with van der Waals surface area (Å²) in [4.78, 5) is 41.4. The summed E-state index contributed by atoms with van der Waals surface area (Å²) in [6, 6.07) is 7.81. The molecule has 0 radical (unpaired) electrons. The zero-order valence-corrected chi connectivity index (χ0v) is 15.9. The van der Waals surface area contributed by atoms with Crippen LogP contribution in [0.1, 0.15) is 49.4 Å². The van der Waals surface area contributed by atoms with Crippen molar-refractivity contribution in [1.29, 1.82) is 0 Å². The summed E-state index contributed by atoms with van der Waals surface area (Å²) < 4.78 is 5.62. The molecule has 146 valence electrons. The van der Waals surface area contributed by atoms with E-state index in [2.05, 4.69) is 4.90 Å². The van der Waals surface area contributed by atoms with Gasteiger partial charge < -0.3 is 9.64 Å². The fraction of sp³-hybridized carbons (Fsp3) is 0.571. The molecule has 6 heteroatoms. The van der Waals surface area contributed by atoms with E-state index in [1.165, 1.54) is 24.2 Å². The zero-order valence-electron chi connectivity index (χ0n) is 15.9. The fourth-order valence-electron chi connectivity index (χ4n) is 3.92.